The second kappa shape index (κ2) is 6.48. The number of hydrogen-bond donors (Lipinski definition) is 3. The third-order valence-electron chi connectivity index (χ3n) is 3.86. The van der Waals surface area contributed by atoms with Crippen molar-refractivity contribution in [1.82, 2.24) is 10.6 Å². The summed E-state index contributed by atoms with van der Waals surface area (Å²) in [5, 5.41) is 17.5. The minimum absolute atomic E-state index is 0.0119. The summed E-state index contributed by atoms with van der Waals surface area (Å²) in [4.78, 5) is 23.8. The van der Waals surface area contributed by atoms with E-state index in [1.807, 2.05) is 0 Å². The summed E-state index contributed by atoms with van der Waals surface area (Å²) in [6.07, 6.45) is 1.94. The van der Waals surface area contributed by atoms with Crippen molar-refractivity contribution in [2.24, 2.45) is 5.92 Å². The number of benzene rings is 1. The first-order valence-electron chi connectivity index (χ1n) is 7.27. The molecular formula is C16H20N4O2. The lowest BCUT2D eigenvalue weighted by molar-refractivity contribution is -0.120. The van der Waals surface area contributed by atoms with Gasteiger partial charge >= 0.3 is 0 Å². The number of rotatable bonds is 6. The van der Waals surface area contributed by atoms with E-state index in [1.54, 1.807) is 38.2 Å². The standard InChI is InChI=1S/C16H20N4O2/c1-16(10-17,11-7-8-11)20-14(21)9-19-13-6-4-3-5-12(13)15(22)18-2/h3-6,11,19H,7-9H2,1-2H3,(H,18,22)(H,20,21). The maximum Gasteiger partial charge on any atom is 0.253 e. The molecule has 1 aromatic rings. The highest BCUT2D eigenvalue weighted by Crippen LogP contribution is 2.39. The van der Waals surface area contributed by atoms with Crippen LogP contribution < -0.4 is 16.0 Å². The molecule has 0 aliphatic heterocycles. The highest BCUT2D eigenvalue weighted by atomic mass is 16.2. The van der Waals surface area contributed by atoms with E-state index in [0.29, 0.717) is 11.3 Å². The molecule has 0 spiro atoms. The van der Waals surface area contributed by atoms with Crippen LogP contribution in [0.1, 0.15) is 30.1 Å². The van der Waals surface area contributed by atoms with Crippen molar-refractivity contribution in [3.63, 3.8) is 0 Å². The summed E-state index contributed by atoms with van der Waals surface area (Å²) in [5.74, 6) is -0.245. The fourth-order valence-corrected chi connectivity index (χ4v) is 2.36. The molecule has 1 atom stereocenters. The Morgan fingerprint density at radius 3 is 2.64 bits per heavy atom. The van der Waals surface area contributed by atoms with Gasteiger partial charge in [-0.15, -0.1) is 0 Å². The smallest absolute Gasteiger partial charge is 0.253 e. The summed E-state index contributed by atoms with van der Waals surface area (Å²) in [6, 6.07) is 9.15. The molecule has 2 rings (SSSR count). The van der Waals surface area contributed by atoms with Crippen molar-refractivity contribution >= 4 is 17.5 Å². The molecule has 1 aliphatic rings. The van der Waals surface area contributed by atoms with Crippen LogP contribution in [0, 0.1) is 17.2 Å². The summed E-state index contributed by atoms with van der Waals surface area (Å²) in [6.45, 7) is 1.76. The first kappa shape index (κ1) is 15.8. The van der Waals surface area contributed by atoms with Gasteiger partial charge in [0, 0.05) is 12.7 Å². The number of amides is 2. The Labute approximate surface area is 129 Å². The van der Waals surface area contributed by atoms with E-state index in [-0.39, 0.29) is 24.3 Å². The Morgan fingerprint density at radius 1 is 1.36 bits per heavy atom. The molecular weight excluding hydrogens is 280 g/mol. The molecule has 116 valence electrons. The number of nitrogens with one attached hydrogen (secondary N) is 3. The lowest BCUT2D eigenvalue weighted by Crippen LogP contribution is -2.48. The number of nitriles is 1. The molecule has 1 unspecified atom stereocenters. The summed E-state index contributed by atoms with van der Waals surface area (Å²) in [5.41, 5.74) is 0.254. The topological polar surface area (TPSA) is 94.0 Å². The quantitative estimate of drug-likeness (QED) is 0.737. The normalized spacial score (nSPS) is 16.0. The highest BCUT2D eigenvalue weighted by Gasteiger charge is 2.42. The van der Waals surface area contributed by atoms with E-state index >= 15 is 0 Å². The summed E-state index contributed by atoms with van der Waals surface area (Å²) < 4.78 is 0. The molecule has 0 saturated heterocycles. The van der Waals surface area contributed by atoms with Gasteiger partial charge in [0.15, 0.2) is 0 Å². The molecule has 0 bridgehead atoms. The summed E-state index contributed by atoms with van der Waals surface area (Å²) in [7, 11) is 1.56. The largest absolute Gasteiger partial charge is 0.376 e. The van der Waals surface area contributed by atoms with Gasteiger partial charge < -0.3 is 16.0 Å². The van der Waals surface area contributed by atoms with Crippen LogP contribution in [0.2, 0.25) is 0 Å². The zero-order valence-electron chi connectivity index (χ0n) is 12.8. The van der Waals surface area contributed by atoms with Crippen LogP contribution in [0.5, 0.6) is 0 Å². The molecule has 6 heteroatoms. The third kappa shape index (κ3) is 3.55. The minimum atomic E-state index is -0.806. The average molecular weight is 300 g/mol. The van der Waals surface area contributed by atoms with Crippen molar-refractivity contribution in [2.45, 2.75) is 25.3 Å². The molecule has 1 saturated carbocycles. The Hall–Kier alpha value is -2.55. The fraction of sp³-hybridized carbons (Fsp3) is 0.438. The summed E-state index contributed by atoms with van der Waals surface area (Å²) >= 11 is 0. The van der Waals surface area contributed by atoms with E-state index in [0.717, 1.165) is 12.8 Å². The SMILES string of the molecule is CNC(=O)c1ccccc1NCC(=O)NC(C)(C#N)C1CC1. The van der Waals surface area contributed by atoms with Gasteiger partial charge in [-0.3, -0.25) is 9.59 Å². The maximum atomic E-state index is 12.0. The molecule has 0 aromatic heterocycles. The van der Waals surface area contributed by atoms with Crippen LogP contribution in [0.15, 0.2) is 24.3 Å². The van der Waals surface area contributed by atoms with Crippen LogP contribution in [0.4, 0.5) is 5.69 Å². The Kier molecular flexibility index (Phi) is 4.66. The lowest BCUT2D eigenvalue weighted by atomic mass is 9.98. The van der Waals surface area contributed by atoms with Crippen molar-refractivity contribution in [1.29, 1.82) is 5.26 Å². The number of carbonyl (C=O) groups excluding carboxylic acids is 2. The van der Waals surface area contributed by atoms with Gasteiger partial charge in [-0.2, -0.15) is 5.26 Å². The van der Waals surface area contributed by atoms with Crippen LogP contribution in [0.3, 0.4) is 0 Å². The third-order valence-corrected chi connectivity index (χ3v) is 3.86. The first-order valence-corrected chi connectivity index (χ1v) is 7.27. The number of para-hydroxylation sites is 1. The van der Waals surface area contributed by atoms with Gasteiger partial charge in [-0.1, -0.05) is 12.1 Å². The molecule has 22 heavy (non-hydrogen) atoms. The van der Waals surface area contributed by atoms with E-state index in [1.165, 1.54) is 0 Å². The Balaban J connectivity index is 1.97. The van der Waals surface area contributed by atoms with Gasteiger partial charge in [0.25, 0.3) is 5.91 Å². The Morgan fingerprint density at radius 2 is 2.05 bits per heavy atom. The van der Waals surface area contributed by atoms with Crippen LogP contribution in [-0.4, -0.2) is 30.9 Å². The number of nitrogens with zero attached hydrogens (tertiary/aromatic N) is 1. The van der Waals surface area contributed by atoms with E-state index < -0.39 is 5.54 Å². The van der Waals surface area contributed by atoms with Crippen molar-refractivity contribution in [3.05, 3.63) is 29.8 Å². The predicted octanol–water partition coefficient (Wildman–Crippen LogP) is 1.27. The molecule has 0 radical (unpaired) electrons. The number of carbonyl (C=O) groups is 2. The fourth-order valence-electron chi connectivity index (χ4n) is 2.36. The first-order chi connectivity index (χ1) is 10.5. The lowest BCUT2D eigenvalue weighted by Gasteiger charge is -2.23. The van der Waals surface area contributed by atoms with Crippen LogP contribution >= 0.6 is 0 Å². The van der Waals surface area contributed by atoms with Crippen molar-refractivity contribution in [3.8, 4) is 6.07 Å². The molecule has 3 N–H and O–H groups in total. The second-order valence-corrected chi connectivity index (χ2v) is 5.61. The average Bonchev–Trinajstić information content (AvgIpc) is 3.37. The van der Waals surface area contributed by atoms with Crippen LogP contribution in [-0.2, 0) is 4.79 Å². The molecule has 2 amide bonds. The van der Waals surface area contributed by atoms with Crippen molar-refractivity contribution in [2.75, 3.05) is 18.9 Å². The zero-order valence-corrected chi connectivity index (χ0v) is 12.8. The zero-order chi connectivity index (χ0) is 16.2. The Bertz CT molecular complexity index is 619. The van der Waals surface area contributed by atoms with Gasteiger partial charge in [0.05, 0.1) is 18.2 Å². The maximum absolute atomic E-state index is 12.0. The second-order valence-electron chi connectivity index (χ2n) is 5.61. The molecule has 1 aliphatic carbocycles. The van der Waals surface area contributed by atoms with E-state index in [4.69, 9.17) is 0 Å². The van der Waals surface area contributed by atoms with Gasteiger partial charge in [-0.05, 0) is 37.8 Å². The highest BCUT2D eigenvalue weighted by molar-refractivity contribution is 5.99. The number of hydrogen-bond acceptors (Lipinski definition) is 4. The molecule has 0 heterocycles. The molecule has 1 fully saturated rings. The monoisotopic (exact) mass is 300 g/mol. The van der Waals surface area contributed by atoms with E-state index in [2.05, 4.69) is 22.0 Å². The molecule has 1 aromatic carbocycles. The predicted molar refractivity (Wildman–Crippen MR) is 83.2 cm³/mol. The minimum Gasteiger partial charge on any atom is -0.376 e. The van der Waals surface area contributed by atoms with Gasteiger partial charge in [0.2, 0.25) is 5.91 Å². The van der Waals surface area contributed by atoms with Crippen molar-refractivity contribution < 1.29 is 9.59 Å². The van der Waals surface area contributed by atoms with Gasteiger partial charge in [0.1, 0.15) is 5.54 Å². The molecule has 6 nitrogen and oxygen atoms in total. The van der Waals surface area contributed by atoms with Gasteiger partial charge in [-0.25, -0.2) is 0 Å². The van der Waals surface area contributed by atoms with Crippen LogP contribution in [0.25, 0.3) is 0 Å². The van der Waals surface area contributed by atoms with E-state index in [9.17, 15) is 14.9 Å². The number of anilines is 1.